The molecule has 1 saturated heterocycles. The van der Waals surface area contributed by atoms with E-state index in [2.05, 4.69) is 0 Å². The van der Waals surface area contributed by atoms with Gasteiger partial charge in [-0.25, -0.2) is 0 Å². The summed E-state index contributed by atoms with van der Waals surface area (Å²) in [6.45, 7) is -0.0612. The minimum atomic E-state index is -1.07. The Bertz CT molecular complexity index is 1300. The summed E-state index contributed by atoms with van der Waals surface area (Å²) < 4.78 is 16.2. The molecule has 3 aromatic rings. The third kappa shape index (κ3) is 3.96. The van der Waals surface area contributed by atoms with Crippen LogP contribution < -0.4 is 9.47 Å². The number of likely N-dealkylation sites (tertiary alicyclic amines) is 1. The third-order valence-corrected chi connectivity index (χ3v) is 5.51. The molecule has 0 spiro atoms. The quantitative estimate of drug-likeness (QED) is 0.183. The number of nitrogens with zero attached hydrogens (tertiary/aromatic N) is 2. The highest BCUT2D eigenvalue weighted by Gasteiger charge is 2.47. The predicted molar refractivity (Wildman–Crippen MR) is 119 cm³/mol. The summed E-state index contributed by atoms with van der Waals surface area (Å²) in [7, 11) is 2.90. The smallest absolute Gasteiger partial charge is 0.296 e. The first-order valence-electron chi connectivity index (χ1n) is 10.1. The van der Waals surface area contributed by atoms with Crippen molar-refractivity contribution in [3.05, 3.63) is 93.4 Å². The number of aliphatic hydroxyl groups excluding tert-OH is 1. The van der Waals surface area contributed by atoms with Crippen LogP contribution in [0.25, 0.3) is 5.76 Å². The maximum atomic E-state index is 13.2. The average molecular weight is 464 g/mol. The summed E-state index contributed by atoms with van der Waals surface area (Å²) in [5.41, 5.74) is -0.0929. The lowest BCUT2D eigenvalue weighted by Gasteiger charge is -2.26. The summed E-state index contributed by atoms with van der Waals surface area (Å²) in [6, 6.07) is 12.3. The normalized spacial score (nSPS) is 17.1. The zero-order valence-corrected chi connectivity index (χ0v) is 18.3. The van der Waals surface area contributed by atoms with Crippen LogP contribution in [0, 0.1) is 10.1 Å². The number of ketones is 1. The number of Topliss-reactive ketones (excluding diaryl/α,β-unsaturated/α-hetero) is 1. The van der Waals surface area contributed by atoms with Gasteiger partial charge in [0.05, 0.1) is 43.6 Å². The van der Waals surface area contributed by atoms with E-state index in [1.165, 1.54) is 43.6 Å². The van der Waals surface area contributed by atoms with E-state index in [1.807, 2.05) is 0 Å². The van der Waals surface area contributed by atoms with Crippen molar-refractivity contribution in [3.8, 4) is 11.5 Å². The Balaban J connectivity index is 1.95. The first-order chi connectivity index (χ1) is 16.3. The number of amides is 1. The van der Waals surface area contributed by atoms with Crippen LogP contribution in [0.15, 0.2) is 70.9 Å². The van der Waals surface area contributed by atoms with Gasteiger partial charge in [-0.05, 0) is 30.3 Å². The van der Waals surface area contributed by atoms with E-state index in [1.54, 1.807) is 30.3 Å². The van der Waals surface area contributed by atoms with Gasteiger partial charge in [-0.1, -0.05) is 12.1 Å². The van der Waals surface area contributed by atoms with E-state index in [4.69, 9.17) is 13.9 Å². The molecule has 2 heterocycles. The molecule has 0 saturated carbocycles. The molecule has 0 aliphatic carbocycles. The Morgan fingerprint density at radius 2 is 1.91 bits per heavy atom. The maximum Gasteiger partial charge on any atom is 0.296 e. The molecule has 1 fully saturated rings. The number of carbonyl (C=O) groups excluding carboxylic acids is 2. The van der Waals surface area contributed by atoms with Gasteiger partial charge in [-0.3, -0.25) is 19.7 Å². The predicted octanol–water partition coefficient (Wildman–Crippen LogP) is 3.83. The van der Waals surface area contributed by atoms with Crippen molar-refractivity contribution < 1.29 is 33.5 Å². The van der Waals surface area contributed by atoms with Crippen LogP contribution in [0.4, 0.5) is 5.69 Å². The number of non-ortho nitro benzene ring substituents is 1. The largest absolute Gasteiger partial charge is 0.507 e. The molecule has 1 amide bonds. The highest BCUT2D eigenvalue weighted by atomic mass is 16.6. The van der Waals surface area contributed by atoms with E-state index >= 15 is 0 Å². The molecule has 2 aromatic carbocycles. The molecule has 1 N–H and O–H groups in total. The Kier molecular flexibility index (Phi) is 6.05. The van der Waals surface area contributed by atoms with Gasteiger partial charge in [0.2, 0.25) is 0 Å². The number of nitro benzene ring substituents is 1. The lowest BCUT2D eigenvalue weighted by molar-refractivity contribution is -0.384. The van der Waals surface area contributed by atoms with Crippen LogP contribution >= 0.6 is 0 Å². The van der Waals surface area contributed by atoms with Crippen molar-refractivity contribution in [2.75, 3.05) is 14.2 Å². The number of ether oxygens (including phenoxy) is 2. The van der Waals surface area contributed by atoms with Gasteiger partial charge in [-0.15, -0.1) is 0 Å². The number of benzene rings is 2. The second kappa shape index (κ2) is 9.10. The molecule has 10 nitrogen and oxygen atoms in total. The van der Waals surface area contributed by atoms with Gasteiger partial charge in [-0.2, -0.15) is 0 Å². The molecular formula is C24H20N2O8. The van der Waals surface area contributed by atoms with Crippen molar-refractivity contribution in [2.45, 2.75) is 12.6 Å². The summed E-state index contributed by atoms with van der Waals surface area (Å²) in [6.07, 6.45) is 1.44. The molecule has 0 radical (unpaired) electrons. The zero-order chi connectivity index (χ0) is 24.4. The van der Waals surface area contributed by atoms with Crippen molar-refractivity contribution >= 4 is 23.1 Å². The molecule has 10 heteroatoms. The van der Waals surface area contributed by atoms with Gasteiger partial charge in [0.1, 0.15) is 23.0 Å². The molecule has 0 unspecified atom stereocenters. The fourth-order valence-corrected chi connectivity index (χ4v) is 3.91. The SMILES string of the molecule is COc1ccc(OC)c([C@H]2C(=C(O)c3cccc([N+](=O)[O-])c3)C(=O)C(=O)N2Cc2ccco2)c1. The number of furan rings is 1. The van der Waals surface area contributed by atoms with Crippen LogP contribution in [0.5, 0.6) is 11.5 Å². The molecule has 1 aliphatic heterocycles. The van der Waals surface area contributed by atoms with E-state index in [9.17, 15) is 24.8 Å². The van der Waals surface area contributed by atoms with Crippen LogP contribution in [-0.4, -0.2) is 40.8 Å². The minimum Gasteiger partial charge on any atom is -0.507 e. The van der Waals surface area contributed by atoms with E-state index < -0.39 is 28.4 Å². The number of carbonyl (C=O) groups is 2. The summed E-state index contributed by atoms with van der Waals surface area (Å²) in [5, 5.41) is 22.4. The first-order valence-corrected chi connectivity index (χ1v) is 10.1. The Morgan fingerprint density at radius 3 is 2.56 bits per heavy atom. The van der Waals surface area contributed by atoms with Gasteiger partial charge >= 0.3 is 0 Å². The van der Waals surface area contributed by atoms with E-state index in [-0.39, 0.29) is 23.4 Å². The standard InChI is InChI=1S/C24H20N2O8/c1-32-16-8-9-19(33-2)18(12-16)21-20(22(27)14-5-3-6-15(11-14)26(30)31)23(28)24(29)25(21)13-17-7-4-10-34-17/h3-12,21,27H,13H2,1-2H3/t21-/m0/s1. The number of hydrogen-bond acceptors (Lipinski definition) is 8. The molecule has 1 aromatic heterocycles. The molecule has 34 heavy (non-hydrogen) atoms. The molecule has 1 atom stereocenters. The highest BCUT2D eigenvalue weighted by molar-refractivity contribution is 6.46. The van der Waals surface area contributed by atoms with Crippen LogP contribution in [-0.2, 0) is 16.1 Å². The van der Waals surface area contributed by atoms with Gasteiger partial charge in [0.15, 0.2) is 0 Å². The fraction of sp³-hybridized carbons (Fsp3) is 0.167. The number of nitro groups is 1. The van der Waals surface area contributed by atoms with Crippen molar-refractivity contribution in [3.63, 3.8) is 0 Å². The Morgan fingerprint density at radius 1 is 1.12 bits per heavy atom. The average Bonchev–Trinajstić information content (AvgIpc) is 3.45. The zero-order valence-electron chi connectivity index (χ0n) is 18.3. The van der Waals surface area contributed by atoms with Crippen LogP contribution in [0.2, 0.25) is 0 Å². The van der Waals surface area contributed by atoms with Crippen molar-refractivity contribution in [1.29, 1.82) is 0 Å². The summed E-state index contributed by atoms with van der Waals surface area (Å²) >= 11 is 0. The first kappa shape index (κ1) is 22.6. The number of methoxy groups -OCH3 is 2. The topological polar surface area (TPSA) is 132 Å². The fourth-order valence-electron chi connectivity index (χ4n) is 3.91. The van der Waals surface area contributed by atoms with E-state index in [0.29, 0.717) is 22.8 Å². The lowest BCUT2D eigenvalue weighted by atomic mass is 9.94. The second-order valence-electron chi connectivity index (χ2n) is 7.42. The van der Waals surface area contributed by atoms with Gasteiger partial charge < -0.3 is 23.9 Å². The summed E-state index contributed by atoms with van der Waals surface area (Å²) in [5.74, 6) is -1.14. The van der Waals surface area contributed by atoms with Gasteiger partial charge in [0.25, 0.3) is 17.4 Å². The Labute approximate surface area is 193 Å². The van der Waals surface area contributed by atoms with E-state index in [0.717, 1.165) is 6.07 Å². The molecule has 0 bridgehead atoms. The molecule has 1 aliphatic rings. The highest BCUT2D eigenvalue weighted by Crippen LogP contribution is 2.44. The number of hydrogen-bond donors (Lipinski definition) is 1. The number of aliphatic hydroxyl groups is 1. The van der Waals surface area contributed by atoms with Gasteiger partial charge in [0, 0.05) is 23.3 Å². The molecule has 4 rings (SSSR count). The van der Waals surface area contributed by atoms with Crippen LogP contribution in [0.1, 0.15) is 22.9 Å². The van der Waals surface area contributed by atoms with Crippen molar-refractivity contribution in [2.24, 2.45) is 0 Å². The van der Waals surface area contributed by atoms with Crippen molar-refractivity contribution in [1.82, 2.24) is 4.90 Å². The second-order valence-corrected chi connectivity index (χ2v) is 7.42. The Hall–Kier alpha value is -4.60. The minimum absolute atomic E-state index is 0.0251. The molecular weight excluding hydrogens is 444 g/mol. The lowest BCUT2D eigenvalue weighted by Crippen LogP contribution is -2.29. The molecule has 174 valence electrons. The van der Waals surface area contributed by atoms with Crippen LogP contribution in [0.3, 0.4) is 0 Å². The number of rotatable bonds is 7. The monoisotopic (exact) mass is 464 g/mol. The summed E-state index contributed by atoms with van der Waals surface area (Å²) in [4.78, 5) is 38.1. The third-order valence-electron chi connectivity index (χ3n) is 5.51. The maximum absolute atomic E-state index is 13.2.